The molecule has 0 aliphatic carbocycles. The zero-order valence-electron chi connectivity index (χ0n) is 21.5. The van der Waals surface area contributed by atoms with Crippen LogP contribution in [0.4, 0.5) is 10.2 Å². The number of amides is 2. The van der Waals surface area contributed by atoms with Crippen LogP contribution in [-0.2, 0) is 9.53 Å². The molecule has 0 saturated carbocycles. The molecule has 1 aromatic carbocycles. The van der Waals surface area contributed by atoms with Gasteiger partial charge in [-0.15, -0.1) is 0 Å². The monoisotopic (exact) mass is 544 g/mol. The molecule has 2 atom stereocenters. The highest BCUT2D eigenvalue weighted by molar-refractivity contribution is 6.35. The topological polar surface area (TPSA) is 95.4 Å². The predicted octanol–water partition coefficient (Wildman–Crippen LogP) is 3.48. The normalized spacial score (nSPS) is 22.4. The number of hydrogen-bond acceptors (Lipinski definition) is 7. The van der Waals surface area contributed by atoms with Crippen LogP contribution in [0.15, 0.2) is 30.9 Å². The predicted molar refractivity (Wildman–Crippen MR) is 140 cm³/mol. The zero-order valence-corrected chi connectivity index (χ0v) is 22.3. The lowest BCUT2D eigenvalue weighted by Crippen LogP contribution is -2.57. The lowest BCUT2D eigenvalue weighted by molar-refractivity contribution is -0.128. The van der Waals surface area contributed by atoms with Gasteiger partial charge in [-0.05, 0) is 38.5 Å². The third-order valence-corrected chi connectivity index (χ3v) is 8.16. The molecular formula is C27H30ClFN4O5. The van der Waals surface area contributed by atoms with Gasteiger partial charge in [-0.2, -0.15) is 0 Å². The number of aromatic nitrogens is 1. The number of benzene rings is 1. The van der Waals surface area contributed by atoms with E-state index >= 15 is 4.39 Å². The number of pyridine rings is 1. The van der Waals surface area contributed by atoms with E-state index in [2.05, 4.69) is 6.58 Å². The van der Waals surface area contributed by atoms with Crippen LogP contribution >= 0.6 is 11.6 Å². The Morgan fingerprint density at radius 1 is 1.32 bits per heavy atom. The first-order valence-electron chi connectivity index (χ1n) is 12.5. The Bertz CT molecular complexity index is 1300. The number of carbonyl (C=O) groups is 2. The summed E-state index contributed by atoms with van der Waals surface area (Å²) in [5, 5.41) is 10.5. The van der Waals surface area contributed by atoms with Crippen LogP contribution in [0.5, 0.6) is 11.5 Å². The first-order valence-corrected chi connectivity index (χ1v) is 12.8. The Balaban J connectivity index is 1.70. The standard InChI is InChI=1S/C27H30ClFN4O5/c1-5-19(35)31-11-12-32-15(13-31)14-38-24-21(26(32)36)25(33-10-9-18(37-4)27(33,2)3)30-23(22(24)28)20-16(29)7-6-8-17(20)34/h5-8,15,18,34H,1,9-14H2,2-4H3/t15-,18+/m1/s1. The second kappa shape index (κ2) is 9.74. The molecule has 1 N–H and O–H groups in total. The van der Waals surface area contributed by atoms with Gasteiger partial charge in [0.25, 0.3) is 5.91 Å². The molecule has 2 aromatic rings. The number of methoxy groups -OCH3 is 1. The van der Waals surface area contributed by atoms with Crippen LogP contribution in [0.3, 0.4) is 0 Å². The van der Waals surface area contributed by atoms with Gasteiger partial charge in [0, 0.05) is 33.3 Å². The third-order valence-electron chi connectivity index (χ3n) is 7.81. The Hall–Kier alpha value is -3.37. The summed E-state index contributed by atoms with van der Waals surface area (Å²) < 4.78 is 26.9. The first-order chi connectivity index (χ1) is 18.1. The number of ether oxygens (including phenoxy) is 2. The molecule has 2 saturated heterocycles. The average Bonchev–Trinajstić information content (AvgIpc) is 3.11. The number of phenols is 1. The first kappa shape index (κ1) is 26.2. The Morgan fingerprint density at radius 3 is 2.74 bits per heavy atom. The number of aromatic hydroxyl groups is 1. The van der Waals surface area contributed by atoms with E-state index in [4.69, 9.17) is 26.1 Å². The number of rotatable bonds is 4. The van der Waals surface area contributed by atoms with Crippen LogP contribution in [0.1, 0.15) is 30.6 Å². The molecule has 202 valence electrons. The summed E-state index contributed by atoms with van der Waals surface area (Å²) >= 11 is 6.79. The van der Waals surface area contributed by atoms with E-state index in [1.807, 2.05) is 18.7 Å². The van der Waals surface area contributed by atoms with Gasteiger partial charge in [-0.25, -0.2) is 9.37 Å². The van der Waals surface area contributed by atoms with Crippen LogP contribution in [-0.4, -0.2) is 89.3 Å². The van der Waals surface area contributed by atoms with Crippen molar-refractivity contribution < 1.29 is 28.6 Å². The summed E-state index contributed by atoms with van der Waals surface area (Å²) in [7, 11) is 1.64. The second-order valence-electron chi connectivity index (χ2n) is 10.2. The molecule has 0 unspecified atom stereocenters. The van der Waals surface area contributed by atoms with Crippen molar-refractivity contribution in [2.24, 2.45) is 0 Å². The quantitative estimate of drug-likeness (QED) is 0.589. The Kier molecular flexibility index (Phi) is 6.73. The molecule has 0 spiro atoms. The average molecular weight is 545 g/mol. The number of carbonyl (C=O) groups excluding carboxylic acids is 2. The van der Waals surface area contributed by atoms with Gasteiger partial charge >= 0.3 is 0 Å². The van der Waals surface area contributed by atoms with Crippen molar-refractivity contribution in [1.82, 2.24) is 14.8 Å². The van der Waals surface area contributed by atoms with Crippen molar-refractivity contribution in [3.63, 3.8) is 0 Å². The van der Waals surface area contributed by atoms with Crippen molar-refractivity contribution in [2.75, 3.05) is 44.8 Å². The number of hydrogen-bond donors (Lipinski definition) is 1. The summed E-state index contributed by atoms with van der Waals surface area (Å²) in [6, 6.07) is 3.50. The van der Waals surface area contributed by atoms with E-state index in [1.165, 1.54) is 24.3 Å². The Labute approximate surface area is 225 Å². The van der Waals surface area contributed by atoms with Crippen molar-refractivity contribution in [2.45, 2.75) is 38.0 Å². The van der Waals surface area contributed by atoms with Gasteiger partial charge in [-0.1, -0.05) is 24.2 Å². The molecule has 1 aromatic heterocycles. The lowest BCUT2D eigenvalue weighted by atomic mass is 9.97. The van der Waals surface area contributed by atoms with Crippen LogP contribution < -0.4 is 9.64 Å². The largest absolute Gasteiger partial charge is 0.507 e. The van der Waals surface area contributed by atoms with E-state index in [9.17, 15) is 14.7 Å². The molecule has 4 heterocycles. The summed E-state index contributed by atoms with van der Waals surface area (Å²) in [5.41, 5.74) is -0.601. The highest BCUT2D eigenvalue weighted by atomic mass is 35.5. The molecule has 3 aliphatic rings. The van der Waals surface area contributed by atoms with Crippen molar-refractivity contribution >= 4 is 29.2 Å². The highest BCUT2D eigenvalue weighted by Crippen LogP contribution is 2.48. The summed E-state index contributed by atoms with van der Waals surface area (Å²) in [5.74, 6) is -1.25. The zero-order chi connectivity index (χ0) is 27.4. The number of halogens is 2. The van der Waals surface area contributed by atoms with Crippen molar-refractivity contribution in [3.8, 4) is 22.8 Å². The van der Waals surface area contributed by atoms with E-state index in [0.29, 0.717) is 26.1 Å². The molecule has 9 nitrogen and oxygen atoms in total. The maximum atomic E-state index is 15.0. The van der Waals surface area contributed by atoms with E-state index in [0.717, 1.165) is 0 Å². The van der Waals surface area contributed by atoms with E-state index in [1.54, 1.807) is 16.9 Å². The molecule has 0 bridgehead atoms. The van der Waals surface area contributed by atoms with Gasteiger partial charge in [0.2, 0.25) is 5.91 Å². The van der Waals surface area contributed by atoms with Gasteiger partial charge < -0.3 is 29.3 Å². The Morgan fingerprint density at radius 2 is 2.08 bits per heavy atom. The van der Waals surface area contributed by atoms with Crippen molar-refractivity contribution in [3.05, 3.63) is 47.3 Å². The van der Waals surface area contributed by atoms with Gasteiger partial charge in [0.05, 0.1) is 23.2 Å². The maximum absolute atomic E-state index is 15.0. The highest BCUT2D eigenvalue weighted by Gasteiger charge is 2.47. The smallest absolute Gasteiger partial charge is 0.261 e. The number of fused-ring (bicyclic) bond motifs is 2. The van der Waals surface area contributed by atoms with Crippen LogP contribution in [0.2, 0.25) is 5.02 Å². The molecule has 0 radical (unpaired) electrons. The van der Waals surface area contributed by atoms with Crippen LogP contribution in [0.25, 0.3) is 11.3 Å². The molecule has 2 amide bonds. The van der Waals surface area contributed by atoms with E-state index < -0.39 is 17.4 Å². The SMILES string of the molecule is C=CC(=O)N1CCN2C(=O)c3c(N4CC[C@H](OC)C4(C)C)nc(-c4c(O)cccc4F)c(Cl)c3OC[C@H]2C1. The molecule has 5 rings (SSSR count). The lowest BCUT2D eigenvalue weighted by Gasteiger charge is -2.40. The minimum absolute atomic E-state index is 0.0242. The fourth-order valence-electron chi connectivity index (χ4n) is 5.73. The number of nitrogens with zero attached hydrogens (tertiary/aromatic N) is 4. The van der Waals surface area contributed by atoms with Gasteiger partial charge in [-0.3, -0.25) is 9.59 Å². The van der Waals surface area contributed by atoms with Gasteiger partial charge in [0.15, 0.2) is 5.75 Å². The third kappa shape index (κ3) is 4.06. The van der Waals surface area contributed by atoms with Gasteiger partial charge in [0.1, 0.15) is 40.3 Å². The second-order valence-corrected chi connectivity index (χ2v) is 10.6. The summed E-state index contributed by atoms with van der Waals surface area (Å²) in [6.07, 6.45) is 1.78. The summed E-state index contributed by atoms with van der Waals surface area (Å²) in [4.78, 5) is 36.4. The summed E-state index contributed by atoms with van der Waals surface area (Å²) in [6.45, 7) is 9.03. The number of phenolic OH excluding ortho intramolecular Hbond substituents is 1. The molecule has 11 heteroatoms. The van der Waals surface area contributed by atoms with Crippen molar-refractivity contribution in [1.29, 1.82) is 0 Å². The van der Waals surface area contributed by atoms with E-state index in [-0.39, 0.29) is 70.2 Å². The molecule has 38 heavy (non-hydrogen) atoms. The molecule has 2 fully saturated rings. The molecular weight excluding hydrogens is 515 g/mol. The molecule has 3 aliphatic heterocycles. The number of piperazine rings is 1. The maximum Gasteiger partial charge on any atom is 0.261 e. The fraction of sp³-hybridized carbons (Fsp3) is 0.444. The minimum Gasteiger partial charge on any atom is -0.507 e. The fourth-order valence-corrected chi connectivity index (χ4v) is 6.02. The minimum atomic E-state index is -0.711. The van der Waals surface area contributed by atoms with Crippen LogP contribution in [0, 0.1) is 5.82 Å². The number of anilines is 1.